The highest BCUT2D eigenvalue weighted by Gasteiger charge is 2.04. The van der Waals surface area contributed by atoms with E-state index in [1.807, 2.05) is 0 Å². The first-order chi connectivity index (χ1) is 6.67. The maximum atomic E-state index is 11.0. The van der Waals surface area contributed by atoms with E-state index in [1.54, 1.807) is 18.2 Å². The number of carbonyl (C=O) groups is 1. The predicted octanol–water partition coefficient (Wildman–Crippen LogP) is 2.21. The van der Waals surface area contributed by atoms with Crippen LogP contribution >= 0.6 is 24.2 Å². The molecule has 1 aromatic carbocycles. The Kier molecular flexibility index (Phi) is 3.98. The summed E-state index contributed by atoms with van der Waals surface area (Å²) in [6.45, 7) is 0. The molecular formula is C9H9ClN2OS. The van der Waals surface area contributed by atoms with Crippen LogP contribution in [0.3, 0.4) is 0 Å². The molecule has 74 valence electrons. The number of hydrogen-bond acceptors (Lipinski definition) is 3. The zero-order chi connectivity index (χ0) is 10.6. The second kappa shape index (κ2) is 5.02. The second-order valence-electron chi connectivity index (χ2n) is 2.58. The van der Waals surface area contributed by atoms with E-state index in [0.717, 1.165) is 6.21 Å². The fraction of sp³-hybridized carbons (Fsp3) is 0.111. The molecule has 0 atom stereocenters. The van der Waals surface area contributed by atoms with Gasteiger partial charge in [-0.05, 0) is 18.2 Å². The Morgan fingerprint density at radius 3 is 2.93 bits per heavy atom. The van der Waals surface area contributed by atoms with Crippen LogP contribution in [0.15, 0.2) is 18.2 Å². The second-order valence-corrected chi connectivity index (χ2v) is 3.33. The number of amides is 1. The zero-order valence-corrected chi connectivity index (χ0v) is 8.90. The summed E-state index contributed by atoms with van der Waals surface area (Å²) in [5.74, 6) is -0.0983. The lowest BCUT2D eigenvalue weighted by Gasteiger charge is -2.06. The molecule has 0 heterocycles. The Morgan fingerprint density at radius 1 is 1.64 bits per heavy atom. The summed E-state index contributed by atoms with van der Waals surface area (Å²) >= 11 is 9.57. The van der Waals surface area contributed by atoms with Crippen LogP contribution in [0, 0.1) is 5.41 Å². The number of hydrogen-bond donors (Lipinski definition) is 3. The topological polar surface area (TPSA) is 53.0 Å². The van der Waals surface area contributed by atoms with Gasteiger partial charge in [0.15, 0.2) is 0 Å². The van der Waals surface area contributed by atoms with Crippen molar-refractivity contribution in [1.29, 1.82) is 5.41 Å². The van der Waals surface area contributed by atoms with Gasteiger partial charge in [-0.15, -0.1) is 0 Å². The van der Waals surface area contributed by atoms with Crippen LogP contribution < -0.4 is 5.32 Å². The summed E-state index contributed by atoms with van der Waals surface area (Å²) in [5.41, 5.74) is 1.15. The van der Waals surface area contributed by atoms with Gasteiger partial charge in [0.05, 0.1) is 5.75 Å². The molecule has 2 N–H and O–H groups in total. The SMILES string of the molecule is N=Cc1cc(Cl)ccc1NC(=O)CS. The molecule has 3 nitrogen and oxygen atoms in total. The summed E-state index contributed by atoms with van der Waals surface area (Å²) in [5, 5.41) is 10.3. The van der Waals surface area contributed by atoms with Gasteiger partial charge >= 0.3 is 0 Å². The molecule has 0 aliphatic carbocycles. The Bertz CT molecular complexity index is 368. The van der Waals surface area contributed by atoms with Crippen LogP contribution in [0.1, 0.15) is 5.56 Å². The van der Waals surface area contributed by atoms with Crippen LogP contribution in [0.4, 0.5) is 5.69 Å². The molecule has 0 unspecified atom stereocenters. The summed E-state index contributed by atoms with van der Waals surface area (Å²) in [6.07, 6.45) is 1.14. The monoisotopic (exact) mass is 228 g/mol. The van der Waals surface area contributed by atoms with Gasteiger partial charge in [0.1, 0.15) is 0 Å². The summed E-state index contributed by atoms with van der Waals surface area (Å²) in [4.78, 5) is 11.0. The van der Waals surface area contributed by atoms with E-state index >= 15 is 0 Å². The smallest absolute Gasteiger partial charge is 0.234 e. The van der Waals surface area contributed by atoms with Gasteiger partial charge < -0.3 is 10.7 Å². The minimum atomic E-state index is -0.209. The van der Waals surface area contributed by atoms with E-state index in [4.69, 9.17) is 17.0 Å². The number of benzene rings is 1. The first-order valence-corrected chi connectivity index (χ1v) is 4.89. The highest BCUT2D eigenvalue weighted by atomic mass is 35.5. The normalized spacial score (nSPS) is 9.57. The molecule has 0 spiro atoms. The lowest BCUT2D eigenvalue weighted by Crippen LogP contribution is -2.13. The summed E-state index contributed by atoms with van der Waals surface area (Å²) in [6, 6.07) is 4.93. The molecule has 1 aromatic rings. The number of halogens is 1. The van der Waals surface area contributed by atoms with E-state index in [-0.39, 0.29) is 11.7 Å². The minimum Gasteiger partial charge on any atom is -0.325 e. The van der Waals surface area contributed by atoms with E-state index in [9.17, 15) is 4.79 Å². The maximum Gasteiger partial charge on any atom is 0.234 e. The Hall–Kier alpha value is -1.000. The molecular weight excluding hydrogens is 220 g/mol. The zero-order valence-electron chi connectivity index (χ0n) is 7.25. The number of thiol groups is 1. The van der Waals surface area contributed by atoms with E-state index in [1.165, 1.54) is 0 Å². The van der Waals surface area contributed by atoms with Gasteiger partial charge in [-0.3, -0.25) is 4.79 Å². The fourth-order valence-electron chi connectivity index (χ4n) is 0.957. The average Bonchev–Trinajstić information content (AvgIpc) is 2.20. The van der Waals surface area contributed by atoms with Crippen LogP contribution in [0.2, 0.25) is 5.02 Å². The molecule has 0 aromatic heterocycles. The van der Waals surface area contributed by atoms with E-state index < -0.39 is 0 Å². The van der Waals surface area contributed by atoms with Crippen molar-refractivity contribution in [3.63, 3.8) is 0 Å². The molecule has 0 aliphatic heterocycles. The first-order valence-electron chi connectivity index (χ1n) is 3.88. The van der Waals surface area contributed by atoms with E-state index in [2.05, 4.69) is 17.9 Å². The van der Waals surface area contributed by atoms with Crippen molar-refractivity contribution < 1.29 is 4.79 Å². The van der Waals surface area contributed by atoms with Crippen molar-refractivity contribution in [2.24, 2.45) is 0 Å². The summed E-state index contributed by atoms with van der Waals surface area (Å²) < 4.78 is 0. The quantitative estimate of drug-likeness (QED) is 0.539. The Balaban J connectivity index is 2.96. The molecule has 1 rings (SSSR count). The van der Waals surface area contributed by atoms with Crippen molar-refractivity contribution in [3.8, 4) is 0 Å². The number of rotatable bonds is 3. The Labute approximate surface area is 92.4 Å². The van der Waals surface area contributed by atoms with Crippen molar-refractivity contribution in [1.82, 2.24) is 0 Å². The van der Waals surface area contributed by atoms with Crippen molar-refractivity contribution in [2.75, 3.05) is 11.1 Å². The van der Waals surface area contributed by atoms with Crippen molar-refractivity contribution in [2.45, 2.75) is 0 Å². The fourth-order valence-corrected chi connectivity index (χ4v) is 1.22. The minimum absolute atomic E-state index is 0.111. The molecule has 14 heavy (non-hydrogen) atoms. The molecule has 0 aliphatic rings. The van der Waals surface area contributed by atoms with Crippen molar-refractivity contribution in [3.05, 3.63) is 28.8 Å². The summed E-state index contributed by atoms with van der Waals surface area (Å²) in [7, 11) is 0. The molecule has 0 fully saturated rings. The lowest BCUT2D eigenvalue weighted by molar-refractivity contribution is -0.113. The van der Waals surface area contributed by atoms with E-state index in [0.29, 0.717) is 16.3 Å². The van der Waals surface area contributed by atoms with Gasteiger partial charge in [-0.2, -0.15) is 12.6 Å². The van der Waals surface area contributed by atoms with Gasteiger partial charge in [-0.25, -0.2) is 0 Å². The molecule has 0 saturated heterocycles. The number of nitrogens with one attached hydrogen (secondary N) is 2. The van der Waals surface area contributed by atoms with Crippen LogP contribution in [0.5, 0.6) is 0 Å². The van der Waals surface area contributed by atoms with Crippen LogP contribution in [-0.4, -0.2) is 17.9 Å². The maximum absolute atomic E-state index is 11.0. The molecule has 5 heteroatoms. The lowest BCUT2D eigenvalue weighted by atomic mass is 10.2. The predicted molar refractivity (Wildman–Crippen MR) is 61.8 cm³/mol. The molecule has 1 amide bonds. The third kappa shape index (κ3) is 2.75. The van der Waals surface area contributed by atoms with Crippen LogP contribution in [-0.2, 0) is 4.79 Å². The van der Waals surface area contributed by atoms with Gasteiger partial charge in [-0.1, -0.05) is 11.6 Å². The largest absolute Gasteiger partial charge is 0.325 e. The molecule has 0 bridgehead atoms. The Morgan fingerprint density at radius 2 is 2.36 bits per heavy atom. The number of anilines is 1. The standard InChI is InChI=1S/C9H9ClN2OS/c10-7-1-2-8(6(3-7)4-11)12-9(13)5-14/h1-4,11,14H,5H2,(H,12,13). The number of carbonyl (C=O) groups excluding carboxylic acids is 1. The van der Waals surface area contributed by atoms with Crippen molar-refractivity contribution >= 4 is 42.0 Å². The third-order valence-corrected chi connectivity index (χ3v) is 2.11. The van der Waals surface area contributed by atoms with Gasteiger partial charge in [0, 0.05) is 22.5 Å². The van der Waals surface area contributed by atoms with Crippen LogP contribution in [0.25, 0.3) is 0 Å². The highest BCUT2D eigenvalue weighted by molar-refractivity contribution is 7.81. The highest BCUT2D eigenvalue weighted by Crippen LogP contribution is 2.18. The average molecular weight is 229 g/mol. The van der Waals surface area contributed by atoms with Gasteiger partial charge in [0.25, 0.3) is 0 Å². The van der Waals surface area contributed by atoms with Gasteiger partial charge in [0.2, 0.25) is 5.91 Å². The molecule has 0 saturated carbocycles. The third-order valence-electron chi connectivity index (χ3n) is 1.59. The molecule has 0 radical (unpaired) electrons. The first kappa shape index (κ1) is 11.1.